The van der Waals surface area contributed by atoms with Gasteiger partial charge in [0.15, 0.2) is 0 Å². The fourth-order valence-corrected chi connectivity index (χ4v) is 2.01. The number of benzene rings is 1. The summed E-state index contributed by atoms with van der Waals surface area (Å²) in [4.78, 5) is 11.5. The van der Waals surface area contributed by atoms with E-state index in [2.05, 4.69) is 26.0 Å². The first-order valence-electron chi connectivity index (χ1n) is 5.37. The molecule has 0 fully saturated rings. The molecule has 1 amide bonds. The number of hydrogen-bond acceptors (Lipinski definition) is 3. The molecule has 100 valence electrons. The fourth-order valence-electron chi connectivity index (χ4n) is 1.21. The summed E-state index contributed by atoms with van der Waals surface area (Å²) in [6, 6.07) is 5.36. The lowest BCUT2D eigenvalue weighted by Gasteiger charge is -2.08. The second-order valence-corrected chi connectivity index (χ2v) is 6.69. The average molecular weight is 335 g/mol. The van der Waals surface area contributed by atoms with Gasteiger partial charge in [0.1, 0.15) is 0 Å². The van der Waals surface area contributed by atoms with Crippen LogP contribution >= 0.6 is 15.9 Å². The molecule has 1 rings (SSSR count). The summed E-state index contributed by atoms with van der Waals surface area (Å²) in [6.07, 6.45) is 0. The Kier molecular flexibility index (Phi) is 5.30. The summed E-state index contributed by atoms with van der Waals surface area (Å²) >= 11 is 3.36. The third-order valence-electron chi connectivity index (χ3n) is 2.27. The summed E-state index contributed by atoms with van der Waals surface area (Å²) < 4.78 is 25.5. The van der Waals surface area contributed by atoms with E-state index in [1.807, 2.05) is 13.0 Å². The lowest BCUT2D eigenvalue weighted by Crippen LogP contribution is -2.33. The van der Waals surface area contributed by atoms with E-state index in [0.29, 0.717) is 5.69 Å². The van der Waals surface area contributed by atoms with Gasteiger partial charge in [-0.2, -0.15) is 0 Å². The van der Waals surface area contributed by atoms with Crippen molar-refractivity contribution in [2.45, 2.75) is 13.8 Å². The number of halogens is 1. The van der Waals surface area contributed by atoms with Crippen LogP contribution in [0.15, 0.2) is 22.7 Å². The lowest BCUT2D eigenvalue weighted by atomic mass is 10.2. The zero-order valence-electron chi connectivity index (χ0n) is 10.2. The van der Waals surface area contributed by atoms with Crippen molar-refractivity contribution in [1.82, 2.24) is 4.72 Å². The molecule has 5 nitrogen and oxygen atoms in total. The van der Waals surface area contributed by atoms with Crippen molar-refractivity contribution in [3.8, 4) is 0 Å². The number of hydrogen-bond donors (Lipinski definition) is 2. The Morgan fingerprint density at radius 2 is 2.06 bits per heavy atom. The van der Waals surface area contributed by atoms with Gasteiger partial charge in [0, 0.05) is 10.2 Å². The van der Waals surface area contributed by atoms with Crippen LogP contribution in [0.2, 0.25) is 0 Å². The molecule has 0 aromatic heterocycles. The topological polar surface area (TPSA) is 75.3 Å². The first-order valence-corrected chi connectivity index (χ1v) is 7.82. The van der Waals surface area contributed by atoms with Crippen LogP contribution in [-0.4, -0.2) is 26.6 Å². The van der Waals surface area contributed by atoms with Crippen molar-refractivity contribution in [2.75, 3.05) is 17.6 Å². The molecule has 2 N–H and O–H groups in total. The number of carbonyl (C=O) groups is 1. The third kappa shape index (κ3) is 4.75. The summed E-state index contributed by atoms with van der Waals surface area (Å²) in [5.41, 5.74) is 1.62. The van der Waals surface area contributed by atoms with Crippen LogP contribution in [0, 0.1) is 6.92 Å². The molecule has 0 atom stereocenters. The molecule has 0 unspecified atom stereocenters. The molecule has 0 saturated carbocycles. The van der Waals surface area contributed by atoms with Gasteiger partial charge < -0.3 is 5.32 Å². The highest BCUT2D eigenvalue weighted by atomic mass is 79.9. The number of carbonyl (C=O) groups excluding carboxylic acids is 1. The Bertz CT molecular complexity index is 543. The molecule has 7 heteroatoms. The van der Waals surface area contributed by atoms with Gasteiger partial charge >= 0.3 is 0 Å². The Balaban J connectivity index is 2.57. The summed E-state index contributed by atoms with van der Waals surface area (Å²) in [5, 5.41) is 2.62. The van der Waals surface area contributed by atoms with E-state index in [-0.39, 0.29) is 12.3 Å². The quantitative estimate of drug-likeness (QED) is 0.859. The van der Waals surface area contributed by atoms with Crippen LogP contribution in [0.3, 0.4) is 0 Å². The Morgan fingerprint density at radius 1 is 1.39 bits per heavy atom. The first-order chi connectivity index (χ1) is 8.34. The molecule has 0 saturated heterocycles. The average Bonchev–Trinajstić information content (AvgIpc) is 2.32. The van der Waals surface area contributed by atoms with Gasteiger partial charge in [0.25, 0.3) is 0 Å². The molecular weight excluding hydrogens is 320 g/mol. The van der Waals surface area contributed by atoms with Crippen LogP contribution in [0.4, 0.5) is 5.69 Å². The monoisotopic (exact) mass is 334 g/mol. The van der Waals surface area contributed by atoms with Crippen LogP contribution < -0.4 is 10.0 Å². The highest BCUT2D eigenvalue weighted by molar-refractivity contribution is 9.10. The fraction of sp³-hybridized carbons (Fsp3) is 0.364. The Labute approximate surface area is 115 Å². The number of sulfonamides is 1. The largest absolute Gasteiger partial charge is 0.325 e. The molecule has 0 aliphatic rings. The van der Waals surface area contributed by atoms with E-state index in [9.17, 15) is 13.2 Å². The molecule has 0 aliphatic carbocycles. The number of rotatable bonds is 5. The number of nitrogens with one attached hydrogen (secondary N) is 2. The van der Waals surface area contributed by atoms with Gasteiger partial charge in [-0.25, -0.2) is 13.1 Å². The minimum Gasteiger partial charge on any atom is -0.325 e. The van der Waals surface area contributed by atoms with E-state index in [1.54, 1.807) is 12.1 Å². The van der Waals surface area contributed by atoms with Crippen molar-refractivity contribution < 1.29 is 13.2 Å². The van der Waals surface area contributed by atoms with Gasteiger partial charge in [-0.05, 0) is 37.6 Å². The molecule has 0 aliphatic heterocycles. The maximum absolute atomic E-state index is 11.5. The number of amides is 1. The van der Waals surface area contributed by atoms with Gasteiger partial charge in [-0.3, -0.25) is 4.79 Å². The standard InChI is InChI=1S/C11H15BrN2O3S/c1-3-18(16,17)13-7-11(15)14-9-4-5-10(12)8(2)6-9/h4-6,13H,3,7H2,1-2H3,(H,14,15). The van der Waals surface area contributed by atoms with Gasteiger partial charge in [0.05, 0.1) is 12.3 Å². The first kappa shape index (κ1) is 15.1. The van der Waals surface area contributed by atoms with Gasteiger partial charge in [0.2, 0.25) is 15.9 Å². The minimum atomic E-state index is -3.34. The molecule has 1 aromatic rings. The van der Waals surface area contributed by atoms with E-state index in [4.69, 9.17) is 0 Å². The van der Waals surface area contributed by atoms with Crippen LogP contribution in [-0.2, 0) is 14.8 Å². The van der Waals surface area contributed by atoms with Gasteiger partial charge in [-0.15, -0.1) is 0 Å². The SMILES string of the molecule is CCS(=O)(=O)NCC(=O)Nc1ccc(Br)c(C)c1. The van der Waals surface area contributed by atoms with Gasteiger partial charge in [-0.1, -0.05) is 15.9 Å². The van der Waals surface area contributed by atoms with Crippen LogP contribution in [0.1, 0.15) is 12.5 Å². The van der Waals surface area contributed by atoms with Crippen molar-refractivity contribution in [2.24, 2.45) is 0 Å². The zero-order valence-corrected chi connectivity index (χ0v) is 12.6. The van der Waals surface area contributed by atoms with Crippen LogP contribution in [0.25, 0.3) is 0 Å². The Hall–Kier alpha value is -0.920. The normalized spacial score (nSPS) is 11.3. The minimum absolute atomic E-state index is 0.0440. The highest BCUT2D eigenvalue weighted by Crippen LogP contribution is 2.19. The number of anilines is 1. The number of aryl methyl sites for hydroxylation is 1. The molecule has 0 heterocycles. The predicted octanol–water partition coefficient (Wildman–Crippen LogP) is 1.64. The summed E-state index contributed by atoms with van der Waals surface area (Å²) in [7, 11) is -3.34. The predicted molar refractivity (Wildman–Crippen MR) is 75.0 cm³/mol. The highest BCUT2D eigenvalue weighted by Gasteiger charge is 2.09. The molecule has 0 spiro atoms. The smallest absolute Gasteiger partial charge is 0.239 e. The zero-order chi connectivity index (χ0) is 13.8. The maximum atomic E-state index is 11.5. The second kappa shape index (κ2) is 6.31. The second-order valence-electron chi connectivity index (χ2n) is 3.74. The third-order valence-corrected chi connectivity index (χ3v) is 4.51. The molecule has 18 heavy (non-hydrogen) atoms. The van der Waals surface area contributed by atoms with E-state index >= 15 is 0 Å². The molecule has 1 aromatic carbocycles. The molecule has 0 radical (unpaired) electrons. The van der Waals surface area contributed by atoms with Crippen molar-refractivity contribution in [3.05, 3.63) is 28.2 Å². The molecule has 0 bridgehead atoms. The lowest BCUT2D eigenvalue weighted by molar-refractivity contribution is -0.115. The van der Waals surface area contributed by atoms with E-state index in [1.165, 1.54) is 6.92 Å². The van der Waals surface area contributed by atoms with Crippen molar-refractivity contribution >= 4 is 37.5 Å². The summed E-state index contributed by atoms with van der Waals surface area (Å²) in [6.45, 7) is 3.16. The van der Waals surface area contributed by atoms with Crippen LogP contribution in [0.5, 0.6) is 0 Å². The van der Waals surface area contributed by atoms with Crippen molar-refractivity contribution in [3.63, 3.8) is 0 Å². The van der Waals surface area contributed by atoms with E-state index < -0.39 is 15.9 Å². The van der Waals surface area contributed by atoms with Crippen molar-refractivity contribution in [1.29, 1.82) is 0 Å². The maximum Gasteiger partial charge on any atom is 0.239 e. The van der Waals surface area contributed by atoms with E-state index in [0.717, 1.165) is 10.0 Å². The molecular formula is C11H15BrN2O3S. The Morgan fingerprint density at radius 3 is 2.61 bits per heavy atom. The summed E-state index contributed by atoms with van der Waals surface area (Å²) in [5.74, 6) is -0.439.